The second kappa shape index (κ2) is 6.44. The molecule has 0 radical (unpaired) electrons. The molecule has 0 spiro atoms. The second-order valence-corrected chi connectivity index (χ2v) is 7.94. The van der Waals surface area contributed by atoms with Gasteiger partial charge in [0.05, 0.1) is 10.0 Å². The molecule has 0 atom stereocenters. The molecule has 1 amide bonds. The van der Waals surface area contributed by atoms with Crippen LogP contribution in [-0.4, -0.2) is 12.5 Å². The Bertz CT molecular complexity index is 747. The van der Waals surface area contributed by atoms with Gasteiger partial charge in [-0.1, -0.05) is 34.5 Å². The molecule has 1 aliphatic carbocycles. The molecule has 1 aromatic carbocycles. The van der Waals surface area contributed by atoms with Crippen LogP contribution >= 0.6 is 31.9 Å². The van der Waals surface area contributed by atoms with Crippen LogP contribution in [0.5, 0.6) is 0 Å². The lowest BCUT2D eigenvalue weighted by molar-refractivity contribution is 0.0925. The molecular formula is C18H19Br2NO2. The summed E-state index contributed by atoms with van der Waals surface area (Å²) < 4.78 is 7.35. The number of rotatable bonds is 4. The fraction of sp³-hybridized carbons (Fsp3) is 0.389. The van der Waals surface area contributed by atoms with Crippen molar-refractivity contribution in [3.05, 3.63) is 55.9 Å². The van der Waals surface area contributed by atoms with Crippen molar-refractivity contribution in [3.63, 3.8) is 0 Å². The summed E-state index contributed by atoms with van der Waals surface area (Å²) in [4.78, 5) is 12.6. The number of amides is 1. The average molecular weight is 441 g/mol. The molecule has 1 aromatic heterocycles. The molecule has 5 heteroatoms. The third-order valence-corrected chi connectivity index (χ3v) is 6.20. The molecule has 0 aliphatic heterocycles. The minimum atomic E-state index is -0.0764. The van der Waals surface area contributed by atoms with E-state index >= 15 is 0 Å². The molecule has 0 bridgehead atoms. The topological polar surface area (TPSA) is 42.2 Å². The number of hydrogen-bond acceptors (Lipinski definition) is 2. The smallest absolute Gasteiger partial charge is 0.256 e. The quantitative estimate of drug-likeness (QED) is 0.703. The normalized spacial score (nSPS) is 16.0. The maximum absolute atomic E-state index is 12.6. The van der Waals surface area contributed by atoms with Crippen LogP contribution in [0.3, 0.4) is 0 Å². The summed E-state index contributed by atoms with van der Waals surface area (Å²) in [6.07, 6.45) is 3.42. The lowest BCUT2D eigenvalue weighted by Gasteiger charge is -2.42. The average Bonchev–Trinajstić information content (AvgIpc) is 2.71. The first-order valence-electron chi connectivity index (χ1n) is 7.73. The Morgan fingerprint density at radius 1 is 1.26 bits per heavy atom. The van der Waals surface area contributed by atoms with Crippen molar-refractivity contribution in [2.45, 2.75) is 38.5 Å². The molecule has 1 heterocycles. The molecule has 122 valence electrons. The largest absolute Gasteiger partial charge is 0.465 e. The van der Waals surface area contributed by atoms with Crippen molar-refractivity contribution in [1.29, 1.82) is 0 Å². The van der Waals surface area contributed by atoms with Crippen molar-refractivity contribution in [2.75, 3.05) is 6.54 Å². The number of nitrogens with one attached hydrogen (secondary N) is 1. The zero-order valence-corrected chi connectivity index (χ0v) is 16.4. The summed E-state index contributed by atoms with van der Waals surface area (Å²) in [6, 6.07) is 8.40. The zero-order chi connectivity index (χ0) is 16.6. The summed E-state index contributed by atoms with van der Waals surface area (Å²) >= 11 is 6.99. The number of carbonyl (C=O) groups is 1. The Hall–Kier alpha value is -1.07. The van der Waals surface area contributed by atoms with Crippen LogP contribution in [0.25, 0.3) is 0 Å². The maximum Gasteiger partial charge on any atom is 0.256 e. The van der Waals surface area contributed by atoms with Gasteiger partial charge in [-0.05, 0) is 60.3 Å². The first-order chi connectivity index (χ1) is 10.9. The molecule has 23 heavy (non-hydrogen) atoms. The van der Waals surface area contributed by atoms with Crippen LogP contribution in [0.4, 0.5) is 0 Å². The minimum absolute atomic E-state index is 0.0542. The number of aryl methyl sites for hydroxylation is 2. The van der Waals surface area contributed by atoms with Crippen molar-refractivity contribution >= 4 is 37.8 Å². The second-order valence-electron chi connectivity index (χ2n) is 6.23. The Labute approximate surface area is 153 Å². The number of benzene rings is 1. The van der Waals surface area contributed by atoms with Gasteiger partial charge in [0.25, 0.3) is 5.91 Å². The van der Waals surface area contributed by atoms with Gasteiger partial charge in [-0.2, -0.15) is 0 Å². The number of carbonyl (C=O) groups excluding carboxylic acids is 1. The third-order valence-electron chi connectivity index (χ3n) is 4.75. The molecule has 1 aliphatic rings. The number of hydrogen-bond donors (Lipinski definition) is 1. The van der Waals surface area contributed by atoms with Gasteiger partial charge in [0.2, 0.25) is 0 Å². The highest BCUT2D eigenvalue weighted by Gasteiger charge is 2.39. The van der Waals surface area contributed by atoms with Gasteiger partial charge in [0.15, 0.2) is 0 Å². The predicted molar refractivity (Wildman–Crippen MR) is 97.9 cm³/mol. The van der Waals surface area contributed by atoms with Gasteiger partial charge in [-0.3, -0.25) is 4.79 Å². The summed E-state index contributed by atoms with van der Waals surface area (Å²) in [5, 5.41) is 3.11. The first kappa shape index (κ1) is 16.8. The Morgan fingerprint density at radius 3 is 2.52 bits per heavy atom. The van der Waals surface area contributed by atoms with Crippen LogP contribution in [0.15, 0.2) is 37.6 Å². The fourth-order valence-corrected chi connectivity index (χ4v) is 4.18. The molecular weight excluding hydrogens is 422 g/mol. The fourth-order valence-electron chi connectivity index (χ4n) is 3.24. The first-order valence-corrected chi connectivity index (χ1v) is 9.31. The molecule has 2 aromatic rings. The van der Waals surface area contributed by atoms with Crippen LogP contribution in [0, 0.1) is 13.8 Å². The lowest BCUT2D eigenvalue weighted by Crippen LogP contribution is -2.45. The lowest BCUT2D eigenvalue weighted by atomic mass is 9.64. The Kier molecular flexibility index (Phi) is 4.70. The standard InChI is InChI=1S/C18H19Br2NO2/c1-11-15(16(20)12(2)23-11)17(22)21-10-18(7-4-8-18)13-5-3-6-14(19)9-13/h3,5-6,9H,4,7-8,10H2,1-2H3,(H,21,22). The van der Waals surface area contributed by atoms with E-state index < -0.39 is 0 Å². The molecule has 1 fully saturated rings. The molecule has 0 saturated heterocycles. The predicted octanol–water partition coefficient (Wildman–Crippen LogP) is 5.27. The van der Waals surface area contributed by atoms with E-state index in [2.05, 4.69) is 55.4 Å². The highest BCUT2D eigenvalue weighted by atomic mass is 79.9. The van der Waals surface area contributed by atoms with E-state index in [4.69, 9.17) is 4.42 Å². The SMILES string of the molecule is Cc1oc(C)c(C(=O)NCC2(c3cccc(Br)c3)CCC2)c1Br. The maximum atomic E-state index is 12.6. The van der Waals surface area contributed by atoms with Gasteiger partial charge >= 0.3 is 0 Å². The van der Waals surface area contributed by atoms with Gasteiger partial charge < -0.3 is 9.73 Å². The van der Waals surface area contributed by atoms with Crippen LogP contribution in [0.2, 0.25) is 0 Å². The van der Waals surface area contributed by atoms with E-state index in [9.17, 15) is 4.79 Å². The highest BCUT2D eigenvalue weighted by Crippen LogP contribution is 2.44. The third kappa shape index (κ3) is 3.13. The Balaban J connectivity index is 1.77. The van der Waals surface area contributed by atoms with E-state index in [1.807, 2.05) is 19.9 Å². The molecule has 3 nitrogen and oxygen atoms in total. The van der Waals surface area contributed by atoms with E-state index in [-0.39, 0.29) is 11.3 Å². The van der Waals surface area contributed by atoms with Gasteiger partial charge in [-0.15, -0.1) is 0 Å². The number of halogens is 2. The minimum Gasteiger partial charge on any atom is -0.465 e. The number of furan rings is 1. The van der Waals surface area contributed by atoms with Crippen molar-refractivity contribution in [2.24, 2.45) is 0 Å². The van der Waals surface area contributed by atoms with E-state index in [0.29, 0.717) is 17.9 Å². The van der Waals surface area contributed by atoms with Crippen LogP contribution in [0.1, 0.15) is 46.7 Å². The van der Waals surface area contributed by atoms with E-state index in [0.717, 1.165) is 27.5 Å². The van der Waals surface area contributed by atoms with Crippen molar-refractivity contribution in [1.82, 2.24) is 5.32 Å². The van der Waals surface area contributed by atoms with Gasteiger partial charge in [-0.25, -0.2) is 0 Å². The summed E-state index contributed by atoms with van der Waals surface area (Å²) in [7, 11) is 0. The summed E-state index contributed by atoms with van der Waals surface area (Å²) in [5.74, 6) is 1.31. The van der Waals surface area contributed by atoms with Crippen molar-refractivity contribution < 1.29 is 9.21 Å². The van der Waals surface area contributed by atoms with E-state index in [1.54, 1.807) is 0 Å². The summed E-state index contributed by atoms with van der Waals surface area (Å²) in [5.41, 5.74) is 1.95. The zero-order valence-electron chi connectivity index (χ0n) is 13.2. The van der Waals surface area contributed by atoms with Crippen LogP contribution < -0.4 is 5.32 Å². The van der Waals surface area contributed by atoms with Gasteiger partial charge in [0.1, 0.15) is 11.5 Å². The Morgan fingerprint density at radius 2 is 2.00 bits per heavy atom. The molecule has 1 saturated carbocycles. The monoisotopic (exact) mass is 439 g/mol. The van der Waals surface area contributed by atoms with E-state index in [1.165, 1.54) is 12.0 Å². The van der Waals surface area contributed by atoms with Crippen LogP contribution in [-0.2, 0) is 5.41 Å². The summed E-state index contributed by atoms with van der Waals surface area (Å²) in [6.45, 7) is 4.32. The molecule has 1 N–H and O–H groups in total. The molecule has 0 unspecified atom stereocenters. The highest BCUT2D eigenvalue weighted by molar-refractivity contribution is 9.10. The molecule has 3 rings (SSSR count). The van der Waals surface area contributed by atoms with Crippen molar-refractivity contribution in [3.8, 4) is 0 Å². The van der Waals surface area contributed by atoms with Gasteiger partial charge in [0, 0.05) is 16.4 Å².